The van der Waals surface area contributed by atoms with Crippen molar-refractivity contribution in [3.8, 4) is 5.69 Å². The van der Waals surface area contributed by atoms with E-state index in [2.05, 4.69) is 17.3 Å². The number of para-hydroxylation sites is 1. The van der Waals surface area contributed by atoms with Gasteiger partial charge in [-0.05, 0) is 50.7 Å². The topological polar surface area (TPSA) is 46.9 Å². The molecule has 1 N–H and O–H groups in total. The molecule has 0 saturated heterocycles. The van der Waals surface area contributed by atoms with E-state index in [9.17, 15) is 9.18 Å². The summed E-state index contributed by atoms with van der Waals surface area (Å²) in [4.78, 5) is 12.6. The maximum Gasteiger partial charge on any atom is 0.254 e. The van der Waals surface area contributed by atoms with E-state index in [4.69, 9.17) is 0 Å². The van der Waals surface area contributed by atoms with Crippen LogP contribution in [0.25, 0.3) is 5.69 Å². The first-order valence-corrected chi connectivity index (χ1v) is 8.70. The second-order valence-electron chi connectivity index (χ2n) is 6.61. The molecule has 24 heavy (non-hydrogen) atoms. The van der Waals surface area contributed by atoms with Crippen LogP contribution in [0.5, 0.6) is 0 Å². The van der Waals surface area contributed by atoms with Crippen LogP contribution in [0.2, 0.25) is 0 Å². The molecule has 0 atom stereocenters. The average Bonchev–Trinajstić information content (AvgIpc) is 2.97. The minimum Gasteiger partial charge on any atom is -0.349 e. The summed E-state index contributed by atoms with van der Waals surface area (Å²) in [5.41, 5.74) is 1.52. The number of nitrogens with one attached hydrogen (secondary N) is 1. The summed E-state index contributed by atoms with van der Waals surface area (Å²) < 4.78 is 15.4. The zero-order valence-corrected chi connectivity index (χ0v) is 14.3. The van der Waals surface area contributed by atoms with Gasteiger partial charge >= 0.3 is 0 Å². The van der Waals surface area contributed by atoms with Crippen LogP contribution in [0.15, 0.2) is 30.5 Å². The van der Waals surface area contributed by atoms with Crippen molar-refractivity contribution < 1.29 is 9.18 Å². The highest BCUT2D eigenvalue weighted by molar-refractivity contribution is 5.95. The molecule has 1 amide bonds. The molecule has 1 aliphatic rings. The number of aromatic nitrogens is 2. The number of amides is 1. The number of hydrogen-bond donors (Lipinski definition) is 1. The highest BCUT2D eigenvalue weighted by atomic mass is 19.1. The van der Waals surface area contributed by atoms with Crippen LogP contribution in [0.4, 0.5) is 4.39 Å². The zero-order chi connectivity index (χ0) is 17.1. The normalized spacial score (nSPS) is 20.8. The predicted octanol–water partition coefficient (Wildman–Crippen LogP) is 4.02. The minimum atomic E-state index is -0.353. The quantitative estimate of drug-likeness (QED) is 0.921. The van der Waals surface area contributed by atoms with E-state index in [-0.39, 0.29) is 17.8 Å². The number of carbonyl (C=O) groups excluding carboxylic acids is 1. The largest absolute Gasteiger partial charge is 0.349 e. The summed E-state index contributed by atoms with van der Waals surface area (Å²) in [5.74, 6) is 0.326. The van der Waals surface area contributed by atoms with Gasteiger partial charge in [0.05, 0.1) is 17.5 Å². The van der Waals surface area contributed by atoms with Crippen molar-refractivity contribution in [3.63, 3.8) is 0 Å². The van der Waals surface area contributed by atoms with Gasteiger partial charge in [-0.2, -0.15) is 5.10 Å². The van der Waals surface area contributed by atoms with Crippen LogP contribution < -0.4 is 5.32 Å². The fraction of sp³-hybridized carbons (Fsp3) is 0.474. The van der Waals surface area contributed by atoms with Crippen LogP contribution in [-0.4, -0.2) is 21.7 Å². The maximum absolute atomic E-state index is 13.9. The highest BCUT2D eigenvalue weighted by Crippen LogP contribution is 2.27. The van der Waals surface area contributed by atoms with Gasteiger partial charge in [-0.15, -0.1) is 0 Å². The van der Waals surface area contributed by atoms with Crippen LogP contribution >= 0.6 is 0 Å². The van der Waals surface area contributed by atoms with Crippen LogP contribution in [0.3, 0.4) is 0 Å². The number of carbonyl (C=O) groups is 1. The van der Waals surface area contributed by atoms with Gasteiger partial charge < -0.3 is 5.32 Å². The molecule has 0 radical (unpaired) electrons. The van der Waals surface area contributed by atoms with E-state index in [1.165, 1.54) is 36.2 Å². The van der Waals surface area contributed by atoms with Crippen molar-refractivity contribution in [2.45, 2.75) is 52.0 Å². The van der Waals surface area contributed by atoms with Crippen molar-refractivity contribution >= 4 is 5.91 Å². The standard InChI is InChI=1S/C19H24FN3O/c1-3-14-8-10-15(11-9-14)22-19(24)16-12-21-23(13(16)2)18-7-5-4-6-17(18)20/h4-7,12,14-15H,3,8-11H2,1-2H3,(H,22,24). The first-order valence-electron chi connectivity index (χ1n) is 8.70. The Labute approximate surface area is 142 Å². The molecule has 0 bridgehead atoms. The Morgan fingerprint density at radius 3 is 2.67 bits per heavy atom. The molecule has 1 saturated carbocycles. The summed E-state index contributed by atoms with van der Waals surface area (Å²) >= 11 is 0. The third kappa shape index (κ3) is 3.35. The summed E-state index contributed by atoms with van der Waals surface area (Å²) in [6.07, 6.45) is 7.16. The number of rotatable bonds is 4. The van der Waals surface area contributed by atoms with Crippen LogP contribution in [0.1, 0.15) is 55.1 Å². The van der Waals surface area contributed by atoms with Crippen molar-refractivity contribution in [3.05, 3.63) is 47.5 Å². The first-order chi connectivity index (χ1) is 11.6. The lowest BCUT2D eigenvalue weighted by atomic mass is 9.84. The second kappa shape index (κ2) is 7.16. The van der Waals surface area contributed by atoms with Crippen molar-refractivity contribution in [1.29, 1.82) is 0 Å². The van der Waals surface area contributed by atoms with E-state index >= 15 is 0 Å². The van der Waals surface area contributed by atoms with Gasteiger partial charge in [0.2, 0.25) is 0 Å². The SMILES string of the molecule is CCC1CCC(NC(=O)c2cnn(-c3ccccc3F)c2C)CC1. The average molecular weight is 329 g/mol. The summed E-state index contributed by atoms with van der Waals surface area (Å²) in [5, 5.41) is 7.32. The third-order valence-electron chi connectivity index (χ3n) is 5.09. The van der Waals surface area contributed by atoms with Gasteiger partial charge in [0.1, 0.15) is 11.5 Å². The lowest BCUT2D eigenvalue weighted by molar-refractivity contribution is 0.0921. The van der Waals surface area contributed by atoms with E-state index in [0.717, 1.165) is 18.8 Å². The molecule has 3 rings (SSSR count). The molecule has 1 aromatic heterocycles. The highest BCUT2D eigenvalue weighted by Gasteiger charge is 2.23. The number of halogens is 1. The van der Waals surface area contributed by atoms with Gasteiger partial charge in [-0.1, -0.05) is 25.5 Å². The van der Waals surface area contributed by atoms with Gasteiger partial charge in [0, 0.05) is 6.04 Å². The van der Waals surface area contributed by atoms with Crippen molar-refractivity contribution in [1.82, 2.24) is 15.1 Å². The molecule has 2 aromatic rings. The smallest absolute Gasteiger partial charge is 0.254 e. The van der Waals surface area contributed by atoms with Gasteiger partial charge in [-0.25, -0.2) is 9.07 Å². The number of benzene rings is 1. The Morgan fingerprint density at radius 2 is 2.00 bits per heavy atom. The van der Waals surface area contributed by atoms with Gasteiger partial charge in [-0.3, -0.25) is 4.79 Å². The Kier molecular flexibility index (Phi) is 4.97. The second-order valence-corrected chi connectivity index (χ2v) is 6.61. The van der Waals surface area contributed by atoms with Gasteiger partial charge in [0.25, 0.3) is 5.91 Å². The Bertz CT molecular complexity index is 717. The van der Waals surface area contributed by atoms with Crippen molar-refractivity contribution in [2.75, 3.05) is 0 Å². The van der Waals surface area contributed by atoms with Crippen molar-refractivity contribution in [2.24, 2.45) is 5.92 Å². The van der Waals surface area contributed by atoms with E-state index in [1.807, 2.05) is 0 Å². The molecule has 128 valence electrons. The van der Waals surface area contributed by atoms with Crippen LogP contribution in [0, 0.1) is 18.7 Å². The molecule has 0 spiro atoms. The molecule has 4 nitrogen and oxygen atoms in total. The third-order valence-corrected chi connectivity index (χ3v) is 5.09. The van der Waals surface area contributed by atoms with Gasteiger partial charge in [0.15, 0.2) is 0 Å². The van der Waals surface area contributed by atoms with E-state index < -0.39 is 0 Å². The molecule has 1 fully saturated rings. The minimum absolute atomic E-state index is 0.116. The molecule has 5 heteroatoms. The van der Waals surface area contributed by atoms with E-state index in [1.54, 1.807) is 25.1 Å². The Hall–Kier alpha value is -2.17. The first kappa shape index (κ1) is 16.7. The fourth-order valence-corrected chi connectivity index (χ4v) is 3.48. The number of nitrogens with zero attached hydrogens (tertiary/aromatic N) is 2. The van der Waals surface area contributed by atoms with Crippen LogP contribution in [-0.2, 0) is 0 Å². The lowest BCUT2D eigenvalue weighted by Crippen LogP contribution is -2.37. The monoisotopic (exact) mass is 329 g/mol. The molecule has 0 unspecified atom stereocenters. The Morgan fingerprint density at radius 1 is 1.29 bits per heavy atom. The van der Waals surface area contributed by atoms with E-state index in [0.29, 0.717) is 16.9 Å². The molecular formula is C19H24FN3O. The Balaban J connectivity index is 1.72. The molecular weight excluding hydrogens is 305 g/mol. The fourth-order valence-electron chi connectivity index (χ4n) is 3.48. The zero-order valence-electron chi connectivity index (χ0n) is 14.3. The molecule has 0 aliphatic heterocycles. The molecule has 1 aromatic carbocycles. The molecule has 1 heterocycles. The molecule has 1 aliphatic carbocycles. The summed E-state index contributed by atoms with van der Waals surface area (Å²) in [7, 11) is 0. The number of hydrogen-bond acceptors (Lipinski definition) is 2. The predicted molar refractivity (Wildman–Crippen MR) is 91.8 cm³/mol. The summed E-state index contributed by atoms with van der Waals surface area (Å²) in [6, 6.07) is 6.67. The maximum atomic E-state index is 13.9. The summed E-state index contributed by atoms with van der Waals surface area (Å²) in [6.45, 7) is 4.02. The lowest BCUT2D eigenvalue weighted by Gasteiger charge is -2.28.